The van der Waals surface area contributed by atoms with E-state index >= 15 is 0 Å². The smallest absolute Gasteiger partial charge is 0.116 e. The van der Waals surface area contributed by atoms with Gasteiger partial charge in [-0.2, -0.15) is 0 Å². The van der Waals surface area contributed by atoms with Crippen LogP contribution in [0.2, 0.25) is 0 Å². The molecule has 0 heterocycles. The lowest BCUT2D eigenvalue weighted by atomic mass is 9.68. The fraction of sp³-hybridized carbons (Fsp3) is 0.0690. The van der Waals surface area contributed by atoms with Crippen LogP contribution in [0.25, 0.3) is 54.6 Å². The van der Waals surface area contributed by atoms with E-state index in [9.17, 15) is 10.2 Å². The SMILES string of the molecule is Oc1ccc2cc(C3(Cc4ccc5cc(CC6(c7ccc8cc(O)ccc8c7)c7ccccc7-c7ccccc76)ccc5c4)c4ccccc4-c4ccccc43)ccc2c1. The van der Waals surface area contributed by atoms with Gasteiger partial charge in [0.1, 0.15) is 11.5 Å². The van der Waals surface area contributed by atoms with Gasteiger partial charge in [0.15, 0.2) is 0 Å². The molecule has 0 aromatic heterocycles. The van der Waals surface area contributed by atoms with E-state index in [1.54, 1.807) is 12.1 Å². The van der Waals surface area contributed by atoms with E-state index in [2.05, 4.69) is 170 Å². The molecule has 0 fully saturated rings. The summed E-state index contributed by atoms with van der Waals surface area (Å²) in [5.41, 5.74) is 14.7. The molecule has 0 unspecified atom stereocenters. The average molecular weight is 769 g/mol. The minimum atomic E-state index is -0.402. The molecule has 0 amide bonds. The molecule has 2 aliphatic rings. The zero-order chi connectivity index (χ0) is 40.0. The number of aromatic hydroxyl groups is 2. The lowest BCUT2D eigenvalue weighted by Crippen LogP contribution is -2.30. The van der Waals surface area contributed by atoms with E-state index in [1.807, 2.05) is 24.3 Å². The van der Waals surface area contributed by atoms with Crippen LogP contribution >= 0.6 is 0 Å². The minimum Gasteiger partial charge on any atom is -0.508 e. The van der Waals surface area contributed by atoms with Gasteiger partial charge in [0.25, 0.3) is 0 Å². The van der Waals surface area contributed by atoms with E-state index in [-0.39, 0.29) is 11.5 Å². The van der Waals surface area contributed by atoms with Gasteiger partial charge in [-0.1, -0.05) is 170 Å². The van der Waals surface area contributed by atoms with Crippen LogP contribution in [0.4, 0.5) is 0 Å². The summed E-state index contributed by atoms with van der Waals surface area (Å²) in [6.45, 7) is 0. The molecular weight excluding hydrogens is 729 g/mol. The third-order valence-electron chi connectivity index (χ3n) is 13.7. The van der Waals surface area contributed by atoms with Crippen LogP contribution < -0.4 is 0 Å². The number of phenols is 2. The lowest BCUT2D eigenvalue weighted by molar-refractivity contribution is 0.475. The van der Waals surface area contributed by atoms with E-state index in [1.165, 1.54) is 77.5 Å². The molecule has 0 bridgehead atoms. The summed E-state index contributed by atoms with van der Waals surface area (Å²) >= 11 is 0. The molecule has 10 aromatic rings. The summed E-state index contributed by atoms with van der Waals surface area (Å²) in [4.78, 5) is 0. The van der Waals surface area contributed by atoms with Gasteiger partial charge in [0, 0.05) is 0 Å². The van der Waals surface area contributed by atoms with Gasteiger partial charge in [-0.15, -0.1) is 0 Å². The van der Waals surface area contributed by atoms with Crippen LogP contribution in [0.15, 0.2) is 206 Å². The predicted molar refractivity (Wildman–Crippen MR) is 246 cm³/mol. The maximum absolute atomic E-state index is 10.3. The summed E-state index contributed by atoms with van der Waals surface area (Å²) < 4.78 is 0. The Kier molecular flexibility index (Phi) is 7.52. The quantitative estimate of drug-likeness (QED) is 0.177. The van der Waals surface area contributed by atoms with Crippen molar-refractivity contribution in [1.29, 1.82) is 0 Å². The van der Waals surface area contributed by atoms with Crippen molar-refractivity contribution in [3.8, 4) is 33.8 Å². The van der Waals surface area contributed by atoms with Crippen molar-refractivity contribution >= 4 is 32.3 Å². The fourth-order valence-electron chi connectivity index (χ4n) is 11.0. The second-order valence-electron chi connectivity index (χ2n) is 16.9. The van der Waals surface area contributed by atoms with Gasteiger partial charge in [-0.25, -0.2) is 0 Å². The largest absolute Gasteiger partial charge is 0.508 e. The highest BCUT2D eigenvalue weighted by Crippen LogP contribution is 2.56. The molecule has 10 aromatic carbocycles. The molecule has 0 radical (unpaired) electrons. The molecule has 60 heavy (non-hydrogen) atoms. The van der Waals surface area contributed by atoms with Crippen molar-refractivity contribution in [2.45, 2.75) is 23.7 Å². The molecule has 284 valence electrons. The number of rotatable bonds is 6. The van der Waals surface area contributed by atoms with E-state index in [0.717, 1.165) is 34.4 Å². The van der Waals surface area contributed by atoms with Crippen molar-refractivity contribution in [3.05, 3.63) is 251 Å². The Labute approximate surface area is 349 Å². The van der Waals surface area contributed by atoms with Crippen LogP contribution in [0.1, 0.15) is 44.5 Å². The van der Waals surface area contributed by atoms with E-state index < -0.39 is 10.8 Å². The molecule has 0 saturated heterocycles. The topological polar surface area (TPSA) is 40.5 Å². The molecule has 12 rings (SSSR count). The second-order valence-corrected chi connectivity index (χ2v) is 16.9. The maximum atomic E-state index is 10.3. The zero-order valence-electron chi connectivity index (χ0n) is 32.9. The Balaban J connectivity index is 0.982. The highest BCUT2D eigenvalue weighted by Gasteiger charge is 2.46. The van der Waals surface area contributed by atoms with Crippen molar-refractivity contribution in [3.63, 3.8) is 0 Å². The first-order valence-corrected chi connectivity index (χ1v) is 20.8. The molecular formula is C58H40O2. The third kappa shape index (κ3) is 5.07. The highest BCUT2D eigenvalue weighted by molar-refractivity contribution is 5.91. The normalized spacial score (nSPS) is 14.2. The Hall–Kier alpha value is -7.42. The average Bonchev–Trinajstić information content (AvgIpc) is 3.74. The summed E-state index contributed by atoms with van der Waals surface area (Å²) in [6.07, 6.45) is 1.61. The van der Waals surface area contributed by atoms with Crippen molar-refractivity contribution in [2.24, 2.45) is 0 Å². The van der Waals surface area contributed by atoms with E-state index in [0.29, 0.717) is 0 Å². The van der Waals surface area contributed by atoms with Gasteiger partial charge in [0.05, 0.1) is 10.8 Å². The van der Waals surface area contributed by atoms with Crippen LogP contribution in [-0.4, -0.2) is 10.2 Å². The Morgan fingerprint density at radius 2 is 0.583 bits per heavy atom. The number of hydrogen-bond acceptors (Lipinski definition) is 2. The molecule has 0 atom stereocenters. The van der Waals surface area contributed by atoms with Crippen molar-refractivity contribution in [1.82, 2.24) is 0 Å². The number of phenolic OH excluding ortho intramolecular Hbond substituents is 2. The number of benzene rings is 10. The van der Waals surface area contributed by atoms with Crippen LogP contribution in [0.3, 0.4) is 0 Å². The lowest BCUT2D eigenvalue weighted by Gasteiger charge is -2.34. The van der Waals surface area contributed by atoms with Gasteiger partial charge in [0.2, 0.25) is 0 Å². The molecule has 2 N–H and O–H groups in total. The minimum absolute atomic E-state index is 0.282. The first kappa shape index (κ1) is 34.6. The highest BCUT2D eigenvalue weighted by atomic mass is 16.3. The Morgan fingerprint density at radius 3 is 0.967 bits per heavy atom. The van der Waals surface area contributed by atoms with Crippen LogP contribution in [-0.2, 0) is 23.7 Å². The second kappa shape index (κ2) is 13.0. The van der Waals surface area contributed by atoms with Crippen molar-refractivity contribution < 1.29 is 10.2 Å². The number of fused-ring (bicyclic) bond motifs is 9. The van der Waals surface area contributed by atoms with Gasteiger partial charge in [-0.05, 0) is 148 Å². The van der Waals surface area contributed by atoms with Crippen LogP contribution in [0.5, 0.6) is 11.5 Å². The van der Waals surface area contributed by atoms with Gasteiger partial charge < -0.3 is 10.2 Å². The first-order valence-electron chi connectivity index (χ1n) is 20.8. The van der Waals surface area contributed by atoms with Gasteiger partial charge >= 0.3 is 0 Å². The summed E-state index contributed by atoms with van der Waals surface area (Å²) in [5, 5.41) is 27.3. The standard InChI is InChI=1S/C58H40O2/c59-47-27-23-41-31-45(25-21-43(41)33-47)57(53-13-5-1-9-49(53)50-10-2-6-14-54(50)57)35-37-17-19-40-30-38(18-20-39(40)29-37)36-58(46-26-22-44-34-48(60)28-24-42(44)32-46)55-15-7-3-11-51(55)52-12-4-8-16-56(52)58/h1-34,59-60H,35-36H2. The molecule has 2 nitrogen and oxygen atoms in total. The molecule has 2 aliphatic carbocycles. The van der Waals surface area contributed by atoms with Gasteiger partial charge in [-0.3, -0.25) is 0 Å². The number of hydrogen-bond donors (Lipinski definition) is 2. The summed E-state index contributed by atoms with van der Waals surface area (Å²) in [5.74, 6) is 0.564. The maximum Gasteiger partial charge on any atom is 0.116 e. The molecule has 0 saturated carbocycles. The predicted octanol–water partition coefficient (Wildman–Crippen LogP) is 13.7. The zero-order valence-corrected chi connectivity index (χ0v) is 32.9. The molecule has 2 heteroatoms. The Bertz CT molecular complexity index is 3060. The van der Waals surface area contributed by atoms with E-state index in [4.69, 9.17) is 0 Å². The summed E-state index contributed by atoms with van der Waals surface area (Å²) in [7, 11) is 0. The van der Waals surface area contributed by atoms with Crippen LogP contribution in [0, 0.1) is 0 Å². The molecule has 0 spiro atoms. The Morgan fingerprint density at radius 1 is 0.283 bits per heavy atom. The first-order chi connectivity index (χ1) is 29.5. The monoisotopic (exact) mass is 768 g/mol. The molecule has 0 aliphatic heterocycles. The summed E-state index contributed by atoms with van der Waals surface area (Å²) in [6, 6.07) is 74.6. The fourth-order valence-corrected chi connectivity index (χ4v) is 11.0. The third-order valence-corrected chi connectivity index (χ3v) is 13.7. The van der Waals surface area contributed by atoms with Crippen molar-refractivity contribution in [2.75, 3.05) is 0 Å².